The van der Waals surface area contributed by atoms with Crippen LogP contribution in [0.4, 0.5) is 0 Å². The Morgan fingerprint density at radius 2 is 1.02 bits per heavy atom. The van der Waals surface area contributed by atoms with Crippen LogP contribution in [0.5, 0.6) is 0 Å². The van der Waals surface area contributed by atoms with Gasteiger partial charge in [0.15, 0.2) is 0 Å². The lowest BCUT2D eigenvalue weighted by molar-refractivity contribution is 1.02. The SMILES string of the molecule is c1ccc(-c2ccc(-c3nc(-n4c5ccc(-c6ccccc6)cc5c5ccc6c7ccccc7sc6c54)nc4ccccc34)cc2)cc1. The van der Waals surface area contributed by atoms with Crippen molar-refractivity contribution in [1.29, 1.82) is 0 Å². The van der Waals surface area contributed by atoms with Crippen LogP contribution in [0, 0.1) is 0 Å². The first-order valence-electron chi connectivity index (χ1n) is 16.2. The largest absolute Gasteiger partial charge is 0.276 e. The molecular weight excluding hydrogens is 603 g/mol. The Bertz CT molecular complexity index is 2810. The maximum atomic E-state index is 5.41. The summed E-state index contributed by atoms with van der Waals surface area (Å²) in [6, 6.07) is 58.3. The maximum Gasteiger partial charge on any atom is 0.235 e. The molecule has 7 aromatic carbocycles. The number of para-hydroxylation sites is 1. The summed E-state index contributed by atoms with van der Waals surface area (Å²) in [5.74, 6) is 0.674. The zero-order valence-electron chi connectivity index (χ0n) is 25.8. The Balaban J connectivity index is 1.27. The summed E-state index contributed by atoms with van der Waals surface area (Å²) in [5.41, 5.74) is 9.92. The highest BCUT2D eigenvalue weighted by Crippen LogP contribution is 2.43. The van der Waals surface area contributed by atoms with Crippen molar-refractivity contribution in [2.45, 2.75) is 0 Å². The molecule has 0 radical (unpaired) electrons. The van der Waals surface area contributed by atoms with Gasteiger partial charge in [0.05, 0.1) is 26.9 Å². The molecule has 0 N–H and O–H groups in total. The van der Waals surface area contributed by atoms with Crippen molar-refractivity contribution in [3.05, 3.63) is 164 Å². The molecule has 4 heteroatoms. The zero-order valence-corrected chi connectivity index (χ0v) is 26.7. The maximum absolute atomic E-state index is 5.41. The van der Waals surface area contributed by atoms with Crippen LogP contribution in [0.3, 0.4) is 0 Å². The predicted octanol–water partition coefficient (Wildman–Crippen LogP) is 12.1. The summed E-state index contributed by atoms with van der Waals surface area (Å²) >= 11 is 1.84. The molecule has 0 fully saturated rings. The molecule has 0 saturated heterocycles. The highest BCUT2D eigenvalue weighted by molar-refractivity contribution is 7.26. The molecule has 48 heavy (non-hydrogen) atoms. The van der Waals surface area contributed by atoms with Gasteiger partial charge in [-0.25, -0.2) is 9.97 Å². The van der Waals surface area contributed by atoms with Crippen molar-refractivity contribution >= 4 is 64.2 Å². The van der Waals surface area contributed by atoms with E-state index in [0.717, 1.165) is 33.2 Å². The molecule has 0 aliphatic rings. The van der Waals surface area contributed by atoms with Gasteiger partial charge in [-0.05, 0) is 46.5 Å². The number of fused-ring (bicyclic) bond motifs is 8. The fourth-order valence-electron chi connectivity index (χ4n) is 7.13. The topological polar surface area (TPSA) is 30.7 Å². The molecule has 10 rings (SSSR count). The third-order valence-electron chi connectivity index (χ3n) is 9.44. The summed E-state index contributed by atoms with van der Waals surface area (Å²) in [5, 5.41) is 5.96. The van der Waals surface area contributed by atoms with Crippen LogP contribution in [0.1, 0.15) is 0 Å². The van der Waals surface area contributed by atoms with E-state index in [1.807, 2.05) is 11.3 Å². The first-order valence-corrected chi connectivity index (χ1v) is 17.0. The normalized spacial score (nSPS) is 11.8. The van der Waals surface area contributed by atoms with Gasteiger partial charge in [-0.3, -0.25) is 4.57 Å². The van der Waals surface area contributed by atoms with E-state index < -0.39 is 0 Å². The summed E-state index contributed by atoms with van der Waals surface area (Å²) in [6.45, 7) is 0. The van der Waals surface area contributed by atoms with Crippen molar-refractivity contribution in [2.24, 2.45) is 0 Å². The van der Waals surface area contributed by atoms with Gasteiger partial charge >= 0.3 is 0 Å². The Hall–Kier alpha value is -6.10. The second kappa shape index (κ2) is 10.7. The highest BCUT2D eigenvalue weighted by Gasteiger charge is 2.21. The third kappa shape index (κ3) is 4.20. The Labute approximate surface area is 281 Å². The Morgan fingerprint density at radius 3 is 1.81 bits per heavy atom. The van der Waals surface area contributed by atoms with Gasteiger partial charge in [0, 0.05) is 37.2 Å². The van der Waals surface area contributed by atoms with Gasteiger partial charge < -0.3 is 0 Å². The molecule has 3 nitrogen and oxygen atoms in total. The molecule has 0 saturated carbocycles. The minimum Gasteiger partial charge on any atom is -0.276 e. The number of benzene rings is 7. The van der Waals surface area contributed by atoms with E-state index in [9.17, 15) is 0 Å². The smallest absolute Gasteiger partial charge is 0.235 e. The van der Waals surface area contributed by atoms with E-state index in [-0.39, 0.29) is 0 Å². The third-order valence-corrected chi connectivity index (χ3v) is 10.6. The van der Waals surface area contributed by atoms with E-state index >= 15 is 0 Å². The first-order chi connectivity index (χ1) is 23.8. The fraction of sp³-hybridized carbons (Fsp3) is 0. The Morgan fingerprint density at radius 1 is 0.417 bits per heavy atom. The van der Waals surface area contributed by atoms with Crippen molar-refractivity contribution < 1.29 is 0 Å². The van der Waals surface area contributed by atoms with Gasteiger partial charge in [0.25, 0.3) is 0 Å². The molecule has 0 amide bonds. The van der Waals surface area contributed by atoms with Crippen molar-refractivity contribution in [2.75, 3.05) is 0 Å². The van der Waals surface area contributed by atoms with E-state index in [1.54, 1.807) is 0 Å². The summed E-state index contributed by atoms with van der Waals surface area (Å²) < 4.78 is 4.82. The van der Waals surface area contributed by atoms with E-state index in [1.165, 1.54) is 53.2 Å². The van der Waals surface area contributed by atoms with Gasteiger partial charge in [0.2, 0.25) is 5.95 Å². The van der Waals surface area contributed by atoms with E-state index in [2.05, 4.69) is 168 Å². The van der Waals surface area contributed by atoms with Crippen molar-refractivity contribution in [3.63, 3.8) is 0 Å². The van der Waals surface area contributed by atoms with E-state index in [0.29, 0.717) is 5.95 Å². The van der Waals surface area contributed by atoms with Gasteiger partial charge in [-0.15, -0.1) is 11.3 Å². The first kappa shape index (κ1) is 27.1. The fourth-order valence-corrected chi connectivity index (χ4v) is 8.38. The van der Waals surface area contributed by atoms with Crippen LogP contribution in [0.2, 0.25) is 0 Å². The quantitative estimate of drug-likeness (QED) is 0.194. The molecule has 0 aliphatic heterocycles. The molecule has 0 unspecified atom stereocenters. The molecule has 0 spiro atoms. The van der Waals surface area contributed by atoms with Gasteiger partial charge in [0.1, 0.15) is 0 Å². The van der Waals surface area contributed by atoms with Crippen LogP contribution < -0.4 is 0 Å². The molecule has 224 valence electrons. The average Bonchev–Trinajstić information content (AvgIpc) is 3.71. The number of rotatable bonds is 4. The standard InChI is InChI=1S/C44H27N3S/c1-3-11-28(12-4-1)30-19-21-31(22-20-30)41-36-16-7-9-17-38(36)45-44(46-41)47-39-26-23-32(29-13-5-2-6-14-29)27-37(39)34-24-25-35-33-15-8-10-18-40(33)48-43(35)42(34)47/h1-27H. The number of aromatic nitrogens is 3. The highest BCUT2D eigenvalue weighted by atomic mass is 32.1. The van der Waals surface area contributed by atoms with Crippen LogP contribution in [0.15, 0.2) is 164 Å². The van der Waals surface area contributed by atoms with Crippen molar-refractivity contribution in [1.82, 2.24) is 14.5 Å². The molecule has 0 aliphatic carbocycles. The summed E-state index contributed by atoms with van der Waals surface area (Å²) in [4.78, 5) is 10.7. The lowest BCUT2D eigenvalue weighted by Gasteiger charge is -2.12. The molecule has 0 bridgehead atoms. The number of thiophene rings is 1. The lowest BCUT2D eigenvalue weighted by Crippen LogP contribution is -2.03. The Kier molecular flexibility index (Phi) is 6.05. The molecule has 3 heterocycles. The van der Waals surface area contributed by atoms with Crippen LogP contribution in [-0.4, -0.2) is 14.5 Å². The van der Waals surface area contributed by atoms with Crippen LogP contribution in [-0.2, 0) is 0 Å². The molecular formula is C44H27N3S. The monoisotopic (exact) mass is 629 g/mol. The minimum absolute atomic E-state index is 0.674. The minimum atomic E-state index is 0.674. The lowest BCUT2D eigenvalue weighted by atomic mass is 10.0. The average molecular weight is 630 g/mol. The zero-order chi connectivity index (χ0) is 31.6. The molecule has 0 atom stereocenters. The van der Waals surface area contributed by atoms with Crippen LogP contribution >= 0.6 is 11.3 Å². The van der Waals surface area contributed by atoms with Crippen molar-refractivity contribution in [3.8, 4) is 39.5 Å². The predicted molar refractivity (Wildman–Crippen MR) is 203 cm³/mol. The number of hydrogen-bond acceptors (Lipinski definition) is 3. The second-order valence-corrected chi connectivity index (χ2v) is 13.3. The van der Waals surface area contributed by atoms with Crippen LogP contribution in [0.25, 0.3) is 92.3 Å². The summed E-state index contributed by atoms with van der Waals surface area (Å²) in [7, 11) is 0. The number of hydrogen-bond donors (Lipinski definition) is 0. The number of nitrogens with zero attached hydrogens (tertiary/aromatic N) is 3. The molecule has 10 aromatic rings. The van der Waals surface area contributed by atoms with E-state index in [4.69, 9.17) is 9.97 Å². The van der Waals surface area contributed by atoms with Gasteiger partial charge in [-0.2, -0.15) is 0 Å². The second-order valence-electron chi connectivity index (χ2n) is 12.2. The molecule has 3 aromatic heterocycles. The van der Waals surface area contributed by atoms with Gasteiger partial charge in [-0.1, -0.05) is 140 Å². The summed E-state index contributed by atoms with van der Waals surface area (Å²) in [6.07, 6.45) is 0.